The Morgan fingerprint density at radius 1 is 1.29 bits per heavy atom. The molecule has 4 heteroatoms. The lowest BCUT2D eigenvalue weighted by atomic mass is 10.1. The summed E-state index contributed by atoms with van der Waals surface area (Å²) < 4.78 is 13.4. The van der Waals surface area contributed by atoms with E-state index in [1.165, 1.54) is 29.3 Å². The van der Waals surface area contributed by atoms with E-state index in [0.29, 0.717) is 5.69 Å². The van der Waals surface area contributed by atoms with Crippen LogP contribution in [0.2, 0.25) is 0 Å². The highest BCUT2D eigenvalue weighted by atomic mass is 19.1. The number of carbonyl (C=O) groups is 1. The van der Waals surface area contributed by atoms with Crippen LogP contribution in [0.15, 0.2) is 42.5 Å². The molecule has 1 aliphatic rings. The third-order valence-corrected chi connectivity index (χ3v) is 4.13. The first-order valence-corrected chi connectivity index (χ1v) is 6.98. The van der Waals surface area contributed by atoms with Crippen molar-refractivity contribution >= 4 is 11.6 Å². The molecule has 3 nitrogen and oxygen atoms in total. The first kappa shape index (κ1) is 13.6. The molecule has 0 aliphatic heterocycles. The number of nitrogens with zero attached hydrogens (tertiary/aromatic N) is 1. The Bertz CT molecular complexity index is 699. The first-order chi connectivity index (χ1) is 10.1. The predicted octanol–water partition coefficient (Wildman–Crippen LogP) is 3.17. The molecule has 3 rings (SSSR count). The van der Waals surface area contributed by atoms with Crippen LogP contribution in [0.25, 0.3) is 0 Å². The molecule has 0 aromatic heterocycles. The Kier molecular flexibility index (Phi) is 3.37. The highest BCUT2D eigenvalue weighted by Gasteiger charge is 2.29. The largest absolute Gasteiger partial charge is 0.398 e. The van der Waals surface area contributed by atoms with Crippen molar-refractivity contribution < 1.29 is 9.18 Å². The van der Waals surface area contributed by atoms with E-state index < -0.39 is 5.82 Å². The fourth-order valence-electron chi connectivity index (χ4n) is 2.98. The minimum absolute atomic E-state index is 0.0244. The SMILES string of the molecule is CN(C(=O)c1cc(F)ccc1N)C1CCc2ccccc21. The van der Waals surface area contributed by atoms with E-state index in [-0.39, 0.29) is 17.5 Å². The van der Waals surface area contributed by atoms with Crippen molar-refractivity contribution in [3.8, 4) is 0 Å². The molecule has 2 aromatic rings. The summed E-state index contributed by atoms with van der Waals surface area (Å²) in [5, 5.41) is 0. The summed E-state index contributed by atoms with van der Waals surface area (Å²) >= 11 is 0. The highest BCUT2D eigenvalue weighted by Crippen LogP contribution is 2.35. The van der Waals surface area contributed by atoms with Crippen LogP contribution in [0, 0.1) is 5.82 Å². The normalized spacial score (nSPS) is 16.6. The number of hydrogen-bond acceptors (Lipinski definition) is 2. The maximum Gasteiger partial charge on any atom is 0.256 e. The van der Waals surface area contributed by atoms with Crippen molar-refractivity contribution in [3.05, 3.63) is 65.0 Å². The van der Waals surface area contributed by atoms with Crippen LogP contribution in [-0.2, 0) is 6.42 Å². The van der Waals surface area contributed by atoms with Crippen LogP contribution in [0.3, 0.4) is 0 Å². The van der Waals surface area contributed by atoms with E-state index in [2.05, 4.69) is 6.07 Å². The summed E-state index contributed by atoms with van der Waals surface area (Å²) in [6, 6.07) is 12.0. The molecule has 0 bridgehead atoms. The number of halogens is 1. The predicted molar refractivity (Wildman–Crippen MR) is 80.4 cm³/mol. The van der Waals surface area contributed by atoms with Gasteiger partial charge in [0.1, 0.15) is 5.82 Å². The van der Waals surface area contributed by atoms with Gasteiger partial charge in [-0.05, 0) is 42.2 Å². The second-order valence-electron chi connectivity index (χ2n) is 5.40. The number of rotatable bonds is 2. The highest BCUT2D eigenvalue weighted by molar-refractivity contribution is 5.99. The maximum atomic E-state index is 13.4. The number of nitrogen functional groups attached to an aromatic ring is 1. The summed E-state index contributed by atoms with van der Waals surface area (Å²) in [5.74, 6) is -0.693. The van der Waals surface area contributed by atoms with Gasteiger partial charge in [0, 0.05) is 12.7 Å². The summed E-state index contributed by atoms with van der Waals surface area (Å²) in [5.41, 5.74) is 8.78. The van der Waals surface area contributed by atoms with Crippen LogP contribution in [-0.4, -0.2) is 17.9 Å². The summed E-state index contributed by atoms with van der Waals surface area (Å²) in [4.78, 5) is 14.3. The Labute approximate surface area is 123 Å². The number of anilines is 1. The lowest BCUT2D eigenvalue weighted by Gasteiger charge is -2.26. The fourth-order valence-corrected chi connectivity index (χ4v) is 2.98. The molecule has 1 unspecified atom stereocenters. The van der Waals surface area contributed by atoms with Crippen molar-refractivity contribution in [2.75, 3.05) is 12.8 Å². The van der Waals surface area contributed by atoms with Gasteiger partial charge in [-0.15, -0.1) is 0 Å². The number of fused-ring (bicyclic) bond motifs is 1. The molecule has 108 valence electrons. The van der Waals surface area contributed by atoms with Crippen molar-refractivity contribution in [3.63, 3.8) is 0 Å². The molecule has 1 atom stereocenters. The van der Waals surface area contributed by atoms with E-state index in [4.69, 9.17) is 5.73 Å². The van der Waals surface area contributed by atoms with Crippen LogP contribution in [0.5, 0.6) is 0 Å². The van der Waals surface area contributed by atoms with Gasteiger partial charge in [-0.2, -0.15) is 0 Å². The van der Waals surface area contributed by atoms with Gasteiger partial charge in [0.15, 0.2) is 0 Å². The molecule has 0 saturated carbocycles. The maximum absolute atomic E-state index is 13.4. The van der Waals surface area contributed by atoms with E-state index >= 15 is 0 Å². The van der Waals surface area contributed by atoms with Gasteiger partial charge in [0.2, 0.25) is 0 Å². The van der Waals surface area contributed by atoms with Crippen molar-refractivity contribution in [2.24, 2.45) is 0 Å². The van der Waals surface area contributed by atoms with Gasteiger partial charge < -0.3 is 10.6 Å². The van der Waals surface area contributed by atoms with Gasteiger partial charge in [-0.25, -0.2) is 4.39 Å². The average Bonchev–Trinajstić information content (AvgIpc) is 2.92. The Morgan fingerprint density at radius 2 is 2.05 bits per heavy atom. The van der Waals surface area contributed by atoms with E-state index in [9.17, 15) is 9.18 Å². The van der Waals surface area contributed by atoms with E-state index in [1.807, 2.05) is 18.2 Å². The smallest absolute Gasteiger partial charge is 0.256 e. The first-order valence-electron chi connectivity index (χ1n) is 6.98. The molecule has 2 aromatic carbocycles. The molecule has 1 aliphatic carbocycles. The molecule has 21 heavy (non-hydrogen) atoms. The number of nitrogens with two attached hydrogens (primary N) is 1. The third-order valence-electron chi connectivity index (χ3n) is 4.13. The number of carbonyl (C=O) groups excluding carboxylic acids is 1. The zero-order valence-corrected chi connectivity index (χ0v) is 11.8. The summed E-state index contributed by atoms with van der Waals surface area (Å²) in [6.45, 7) is 0. The zero-order chi connectivity index (χ0) is 15.0. The lowest BCUT2D eigenvalue weighted by molar-refractivity contribution is 0.0731. The van der Waals surface area contributed by atoms with Gasteiger partial charge in [-0.1, -0.05) is 24.3 Å². The van der Waals surface area contributed by atoms with Crippen LogP contribution < -0.4 is 5.73 Å². The van der Waals surface area contributed by atoms with E-state index in [1.54, 1.807) is 11.9 Å². The van der Waals surface area contributed by atoms with Gasteiger partial charge in [0.05, 0.1) is 11.6 Å². The topological polar surface area (TPSA) is 46.3 Å². The standard InChI is InChI=1S/C17H17FN2O/c1-20(16-9-6-11-4-2-3-5-13(11)16)17(21)14-10-12(18)7-8-15(14)19/h2-5,7-8,10,16H,6,9,19H2,1H3. The minimum Gasteiger partial charge on any atom is -0.398 e. The van der Waals surface area contributed by atoms with E-state index in [0.717, 1.165) is 12.8 Å². The third kappa shape index (κ3) is 2.37. The minimum atomic E-state index is -0.451. The number of benzene rings is 2. The van der Waals surface area contributed by atoms with Crippen molar-refractivity contribution in [2.45, 2.75) is 18.9 Å². The zero-order valence-electron chi connectivity index (χ0n) is 11.8. The van der Waals surface area contributed by atoms with Gasteiger partial charge in [-0.3, -0.25) is 4.79 Å². The second kappa shape index (κ2) is 5.20. The molecule has 0 spiro atoms. The fraction of sp³-hybridized carbons (Fsp3) is 0.235. The Balaban J connectivity index is 1.91. The molecule has 0 heterocycles. The quantitative estimate of drug-likeness (QED) is 0.861. The van der Waals surface area contributed by atoms with Crippen LogP contribution in [0.1, 0.15) is 33.9 Å². The monoisotopic (exact) mass is 284 g/mol. The second-order valence-corrected chi connectivity index (χ2v) is 5.40. The molecule has 0 radical (unpaired) electrons. The summed E-state index contributed by atoms with van der Waals surface area (Å²) in [7, 11) is 1.75. The summed E-state index contributed by atoms with van der Waals surface area (Å²) in [6.07, 6.45) is 1.84. The Hall–Kier alpha value is -2.36. The molecular weight excluding hydrogens is 267 g/mol. The van der Waals surface area contributed by atoms with Crippen LogP contribution in [0.4, 0.5) is 10.1 Å². The average molecular weight is 284 g/mol. The van der Waals surface area contributed by atoms with Gasteiger partial charge in [0.25, 0.3) is 5.91 Å². The number of amides is 1. The van der Waals surface area contributed by atoms with Crippen molar-refractivity contribution in [1.29, 1.82) is 0 Å². The molecule has 0 fully saturated rings. The molecule has 1 amide bonds. The Morgan fingerprint density at radius 3 is 2.86 bits per heavy atom. The number of aryl methyl sites for hydroxylation is 1. The number of hydrogen-bond donors (Lipinski definition) is 1. The van der Waals surface area contributed by atoms with Crippen molar-refractivity contribution in [1.82, 2.24) is 4.90 Å². The lowest BCUT2D eigenvalue weighted by Crippen LogP contribution is -2.30. The molecule has 2 N–H and O–H groups in total. The van der Waals surface area contributed by atoms with Crippen LogP contribution >= 0.6 is 0 Å². The van der Waals surface area contributed by atoms with Gasteiger partial charge >= 0.3 is 0 Å². The molecular formula is C17H17FN2O. The molecule has 0 saturated heterocycles.